The van der Waals surface area contributed by atoms with E-state index in [4.69, 9.17) is 0 Å². The lowest BCUT2D eigenvalue weighted by atomic mass is 9.90. The fraction of sp³-hybridized carbons (Fsp3) is 0.875. The molecule has 2 rings (SSSR count). The summed E-state index contributed by atoms with van der Waals surface area (Å²) in [6.07, 6.45) is 4.13. The van der Waals surface area contributed by atoms with E-state index in [1.165, 1.54) is 12.8 Å². The van der Waals surface area contributed by atoms with Gasteiger partial charge in [-0.1, -0.05) is 13.8 Å². The number of amides is 2. The standard InChI is InChI=1S/C16H29N3O2/c1-4-16(5-2)15(21)19(10-8-14(20)17-16)12-13-7-6-9-18(3)11-13/h13H,4-12H2,1-3H3,(H,17,20). The molecule has 5 heteroatoms. The molecule has 1 unspecified atom stereocenters. The van der Waals surface area contributed by atoms with E-state index in [0.717, 1.165) is 19.6 Å². The first-order valence-electron chi connectivity index (χ1n) is 8.29. The number of hydrogen-bond acceptors (Lipinski definition) is 3. The predicted octanol–water partition coefficient (Wildman–Crippen LogP) is 1.24. The van der Waals surface area contributed by atoms with E-state index < -0.39 is 5.54 Å². The van der Waals surface area contributed by atoms with Crippen LogP contribution in [-0.4, -0.2) is 60.4 Å². The second-order valence-corrected chi connectivity index (χ2v) is 6.61. The van der Waals surface area contributed by atoms with Crippen molar-refractivity contribution >= 4 is 11.8 Å². The Balaban J connectivity index is 2.10. The highest BCUT2D eigenvalue weighted by Crippen LogP contribution is 2.24. The van der Waals surface area contributed by atoms with Crippen molar-refractivity contribution in [3.63, 3.8) is 0 Å². The van der Waals surface area contributed by atoms with Gasteiger partial charge in [-0.3, -0.25) is 9.59 Å². The molecular weight excluding hydrogens is 266 g/mol. The second-order valence-electron chi connectivity index (χ2n) is 6.61. The van der Waals surface area contributed by atoms with Gasteiger partial charge in [0.25, 0.3) is 0 Å². The molecule has 2 fully saturated rings. The van der Waals surface area contributed by atoms with Gasteiger partial charge >= 0.3 is 0 Å². The molecule has 5 nitrogen and oxygen atoms in total. The Morgan fingerprint density at radius 1 is 1.24 bits per heavy atom. The second kappa shape index (κ2) is 6.77. The number of rotatable bonds is 4. The molecule has 1 atom stereocenters. The number of carbonyl (C=O) groups excluding carboxylic acids is 2. The number of carbonyl (C=O) groups is 2. The van der Waals surface area contributed by atoms with Crippen LogP contribution in [0.5, 0.6) is 0 Å². The molecule has 1 N–H and O–H groups in total. The molecule has 2 amide bonds. The summed E-state index contributed by atoms with van der Waals surface area (Å²) in [6, 6.07) is 0. The fourth-order valence-corrected chi connectivity index (χ4v) is 3.66. The number of likely N-dealkylation sites (tertiary alicyclic amines) is 1. The van der Waals surface area contributed by atoms with Crippen LogP contribution in [0.25, 0.3) is 0 Å². The first-order valence-corrected chi connectivity index (χ1v) is 8.29. The molecule has 0 spiro atoms. The van der Waals surface area contributed by atoms with Crippen LogP contribution in [0.15, 0.2) is 0 Å². The molecule has 0 aromatic rings. The van der Waals surface area contributed by atoms with Crippen molar-refractivity contribution < 1.29 is 9.59 Å². The third-order valence-corrected chi connectivity index (χ3v) is 5.09. The Hall–Kier alpha value is -1.10. The van der Waals surface area contributed by atoms with Crippen LogP contribution in [0.3, 0.4) is 0 Å². The summed E-state index contributed by atoms with van der Waals surface area (Å²) in [5.74, 6) is 0.661. The maximum atomic E-state index is 12.9. The van der Waals surface area contributed by atoms with Crippen molar-refractivity contribution in [2.45, 2.75) is 51.5 Å². The monoisotopic (exact) mass is 295 g/mol. The van der Waals surface area contributed by atoms with E-state index in [1.807, 2.05) is 18.7 Å². The van der Waals surface area contributed by atoms with Crippen molar-refractivity contribution in [3.05, 3.63) is 0 Å². The molecule has 21 heavy (non-hydrogen) atoms. The van der Waals surface area contributed by atoms with Gasteiger partial charge in [0.1, 0.15) is 5.54 Å². The van der Waals surface area contributed by atoms with Gasteiger partial charge in [0.15, 0.2) is 0 Å². The highest BCUT2D eigenvalue weighted by Gasteiger charge is 2.42. The summed E-state index contributed by atoms with van der Waals surface area (Å²) in [7, 11) is 2.14. The van der Waals surface area contributed by atoms with Gasteiger partial charge in [-0.25, -0.2) is 0 Å². The Bertz CT molecular complexity index is 393. The minimum Gasteiger partial charge on any atom is -0.342 e. The molecule has 0 aromatic carbocycles. The van der Waals surface area contributed by atoms with Gasteiger partial charge < -0.3 is 15.1 Å². The van der Waals surface area contributed by atoms with Crippen LogP contribution < -0.4 is 5.32 Å². The Morgan fingerprint density at radius 2 is 1.95 bits per heavy atom. The molecule has 2 aliphatic rings. The van der Waals surface area contributed by atoms with Crippen LogP contribution in [0.2, 0.25) is 0 Å². The first kappa shape index (κ1) is 16.3. The predicted molar refractivity (Wildman–Crippen MR) is 82.9 cm³/mol. The zero-order valence-electron chi connectivity index (χ0n) is 13.7. The summed E-state index contributed by atoms with van der Waals surface area (Å²) < 4.78 is 0. The Morgan fingerprint density at radius 3 is 2.57 bits per heavy atom. The zero-order valence-corrected chi connectivity index (χ0v) is 13.7. The minimum absolute atomic E-state index is 0.00955. The van der Waals surface area contributed by atoms with Crippen LogP contribution in [0.1, 0.15) is 46.0 Å². The van der Waals surface area contributed by atoms with Gasteiger partial charge in [0.05, 0.1) is 0 Å². The zero-order chi connectivity index (χ0) is 15.5. The lowest BCUT2D eigenvalue weighted by Gasteiger charge is -2.37. The molecule has 0 aliphatic carbocycles. The summed E-state index contributed by atoms with van der Waals surface area (Å²) in [6.45, 7) is 7.53. The van der Waals surface area contributed by atoms with E-state index in [0.29, 0.717) is 31.7 Å². The molecule has 2 heterocycles. The SMILES string of the molecule is CCC1(CC)NC(=O)CCN(CC2CCCN(C)C2)C1=O. The average molecular weight is 295 g/mol. The number of nitrogens with one attached hydrogen (secondary N) is 1. The minimum atomic E-state index is -0.686. The van der Waals surface area contributed by atoms with E-state index in [-0.39, 0.29) is 11.8 Å². The molecule has 0 saturated carbocycles. The summed E-state index contributed by atoms with van der Waals surface area (Å²) in [5, 5.41) is 2.98. The van der Waals surface area contributed by atoms with Crippen LogP contribution in [0.4, 0.5) is 0 Å². The fourth-order valence-electron chi connectivity index (χ4n) is 3.66. The summed E-state index contributed by atoms with van der Waals surface area (Å²) in [5.41, 5.74) is -0.686. The van der Waals surface area contributed by atoms with Crippen LogP contribution in [-0.2, 0) is 9.59 Å². The molecule has 0 bridgehead atoms. The Kier molecular flexibility index (Phi) is 5.25. The molecule has 0 radical (unpaired) electrons. The molecule has 2 aliphatic heterocycles. The quantitative estimate of drug-likeness (QED) is 0.849. The molecular formula is C16H29N3O2. The third kappa shape index (κ3) is 3.57. The topological polar surface area (TPSA) is 52.7 Å². The molecule has 0 aromatic heterocycles. The normalized spacial score (nSPS) is 27.4. The summed E-state index contributed by atoms with van der Waals surface area (Å²) >= 11 is 0. The Labute approximate surface area is 128 Å². The number of hydrogen-bond donors (Lipinski definition) is 1. The molecule has 120 valence electrons. The third-order valence-electron chi connectivity index (χ3n) is 5.09. The van der Waals surface area contributed by atoms with Gasteiger partial charge in [0, 0.05) is 26.1 Å². The van der Waals surface area contributed by atoms with E-state index in [9.17, 15) is 9.59 Å². The number of nitrogens with zero attached hydrogens (tertiary/aromatic N) is 2. The van der Waals surface area contributed by atoms with Crippen LogP contribution >= 0.6 is 0 Å². The highest BCUT2D eigenvalue weighted by atomic mass is 16.2. The maximum absolute atomic E-state index is 12.9. The number of piperidine rings is 1. The van der Waals surface area contributed by atoms with Crippen LogP contribution in [0, 0.1) is 5.92 Å². The largest absolute Gasteiger partial charge is 0.342 e. The molecule has 2 saturated heterocycles. The van der Waals surface area contributed by atoms with Crippen molar-refractivity contribution in [1.29, 1.82) is 0 Å². The van der Waals surface area contributed by atoms with E-state index in [1.54, 1.807) is 0 Å². The van der Waals surface area contributed by atoms with Gasteiger partial charge in [-0.2, -0.15) is 0 Å². The van der Waals surface area contributed by atoms with Gasteiger partial charge in [-0.05, 0) is 45.2 Å². The summed E-state index contributed by atoms with van der Waals surface area (Å²) in [4.78, 5) is 29.2. The van der Waals surface area contributed by atoms with Crippen molar-refractivity contribution in [3.8, 4) is 0 Å². The van der Waals surface area contributed by atoms with Gasteiger partial charge in [-0.15, -0.1) is 0 Å². The highest BCUT2D eigenvalue weighted by molar-refractivity contribution is 5.93. The lowest BCUT2D eigenvalue weighted by Crippen LogP contribution is -2.57. The average Bonchev–Trinajstić information content (AvgIpc) is 2.59. The van der Waals surface area contributed by atoms with Crippen molar-refractivity contribution in [2.24, 2.45) is 5.92 Å². The lowest BCUT2D eigenvalue weighted by molar-refractivity contribution is -0.140. The maximum Gasteiger partial charge on any atom is 0.248 e. The van der Waals surface area contributed by atoms with Gasteiger partial charge in [0.2, 0.25) is 11.8 Å². The van der Waals surface area contributed by atoms with E-state index >= 15 is 0 Å². The first-order chi connectivity index (χ1) is 10.0. The smallest absolute Gasteiger partial charge is 0.248 e. The van der Waals surface area contributed by atoms with Crippen molar-refractivity contribution in [1.82, 2.24) is 15.1 Å². The van der Waals surface area contributed by atoms with Crippen molar-refractivity contribution in [2.75, 3.05) is 33.2 Å². The van der Waals surface area contributed by atoms with E-state index in [2.05, 4.69) is 17.3 Å².